The maximum atomic E-state index is 12.9. The smallest absolute Gasteiger partial charge is 0.438 e. The molecule has 0 spiro atoms. The van der Waals surface area contributed by atoms with Crippen molar-refractivity contribution in [3.05, 3.63) is 0 Å². The van der Waals surface area contributed by atoms with Crippen LogP contribution in [0.2, 0.25) is 0 Å². The van der Waals surface area contributed by atoms with Gasteiger partial charge in [0.2, 0.25) is 0 Å². The monoisotopic (exact) mass is 309 g/mol. The van der Waals surface area contributed by atoms with Gasteiger partial charge >= 0.3 is 18.0 Å². The fraction of sp³-hybridized carbons (Fsp3) is 0.909. The number of hydrogen-bond donors (Lipinski definition) is 0. The van der Waals surface area contributed by atoms with Crippen molar-refractivity contribution in [3.8, 4) is 0 Å². The van der Waals surface area contributed by atoms with Crippen LogP contribution in [-0.2, 0) is 9.53 Å². The highest BCUT2D eigenvalue weighted by Crippen LogP contribution is 2.46. The van der Waals surface area contributed by atoms with Gasteiger partial charge in [-0.1, -0.05) is 13.8 Å². The maximum absolute atomic E-state index is 12.9. The average molecular weight is 309 g/mol. The molecular formula is C11H17F6NO2. The third-order valence-corrected chi connectivity index (χ3v) is 2.69. The van der Waals surface area contributed by atoms with Gasteiger partial charge in [-0.3, -0.25) is 9.69 Å². The number of hydrogen-bond acceptors (Lipinski definition) is 3. The summed E-state index contributed by atoms with van der Waals surface area (Å²) < 4.78 is 80.7. The Morgan fingerprint density at radius 2 is 1.35 bits per heavy atom. The summed E-state index contributed by atoms with van der Waals surface area (Å²) in [5.74, 6) is 0. The van der Waals surface area contributed by atoms with Crippen molar-refractivity contribution in [3.63, 3.8) is 0 Å². The molecule has 120 valence electrons. The van der Waals surface area contributed by atoms with Gasteiger partial charge in [0.05, 0.1) is 6.54 Å². The van der Waals surface area contributed by atoms with E-state index in [2.05, 4.69) is 4.74 Å². The first-order valence-electron chi connectivity index (χ1n) is 6.03. The Labute approximate surface area is 112 Å². The lowest BCUT2D eigenvalue weighted by Gasteiger charge is -2.38. The predicted molar refractivity (Wildman–Crippen MR) is 59.0 cm³/mol. The van der Waals surface area contributed by atoms with E-state index in [1.807, 2.05) is 0 Å². The SMILES string of the molecule is CCCN(CCC)CC(OC=O)(C(F)(F)F)C(F)(F)F. The molecule has 0 unspecified atom stereocenters. The summed E-state index contributed by atoms with van der Waals surface area (Å²) in [7, 11) is 0. The van der Waals surface area contributed by atoms with Gasteiger partial charge < -0.3 is 4.74 Å². The van der Waals surface area contributed by atoms with E-state index in [1.54, 1.807) is 13.8 Å². The second kappa shape index (κ2) is 7.14. The first-order chi connectivity index (χ1) is 9.05. The van der Waals surface area contributed by atoms with E-state index < -0.39 is 31.0 Å². The fourth-order valence-corrected chi connectivity index (χ4v) is 1.81. The molecule has 0 aromatic rings. The van der Waals surface area contributed by atoms with E-state index in [0.29, 0.717) is 12.8 Å². The average Bonchev–Trinajstić information content (AvgIpc) is 2.25. The van der Waals surface area contributed by atoms with E-state index in [1.165, 1.54) is 0 Å². The van der Waals surface area contributed by atoms with Gasteiger partial charge in [-0.25, -0.2) is 0 Å². The van der Waals surface area contributed by atoms with Crippen LogP contribution in [0.5, 0.6) is 0 Å². The number of carbonyl (C=O) groups excluding carboxylic acids is 1. The molecule has 0 fully saturated rings. The van der Waals surface area contributed by atoms with Gasteiger partial charge in [0.1, 0.15) is 0 Å². The number of ether oxygens (including phenoxy) is 1. The lowest BCUT2D eigenvalue weighted by atomic mass is 10.0. The first-order valence-corrected chi connectivity index (χ1v) is 6.03. The highest BCUT2D eigenvalue weighted by molar-refractivity contribution is 5.39. The van der Waals surface area contributed by atoms with Gasteiger partial charge in [0, 0.05) is 0 Å². The van der Waals surface area contributed by atoms with E-state index in [0.717, 1.165) is 4.90 Å². The van der Waals surface area contributed by atoms with Gasteiger partial charge in [-0.2, -0.15) is 26.3 Å². The van der Waals surface area contributed by atoms with Gasteiger partial charge in [-0.05, 0) is 25.9 Å². The first kappa shape index (κ1) is 19.0. The molecule has 9 heteroatoms. The third kappa shape index (κ3) is 4.26. The van der Waals surface area contributed by atoms with E-state index in [-0.39, 0.29) is 13.1 Å². The number of halogens is 6. The Balaban J connectivity index is 5.54. The van der Waals surface area contributed by atoms with Crippen molar-refractivity contribution in [1.29, 1.82) is 0 Å². The number of nitrogens with zero attached hydrogens (tertiary/aromatic N) is 1. The minimum absolute atomic E-state index is 0.0456. The summed E-state index contributed by atoms with van der Waals surface area (Å²) in [5, 5.41) is 0. The Kier molecular flexibility index (Phi) is 6.79. The van der Waals surface area contributed by atoms with Gasteiger partial charge in [0.15, 0.2) is 0 Å². The van der Waals surface area contributed by atoms with Crippen LogP contribution in [0, 0.1) is 0 Å². The van der Waals surface area contributed by atoms with Crippen LogP contribution in [0.25, 0.3) is 0 Å². The zero-order valence-corrected chi connectivity index (χ0v) is 11.1. The van der Waals surface area contributed by atoms with Crippen molar-refractivity contribution >= 4 is 6.47 Å². The Bertz CT molecular complexity index is 282. The topological polar surface area (TPSA) is 29.5 Å². The second-order valence-corrected chi connectivity index (χ2v) is 4.31. The molecule has 0 atom stereocenters. The summed E-state index contributed by atoms with van der Waals surface area (Å²) >= 11 is 0. The van der Waals surface area contributed by atoms with E-state index >= 15 is 0 Å². The van der Waals surface area contributed by atoms with E-state index in [4.69, 9.17) is 0 Å². The second-order valence-electron chi connectivity index (χ2n) is 4.31. The van der Waals surface area contributed by atoms with Crippen LogP contribution in [0.3, 0.4) is 0 Å². The standard InChI is InChI=1S/C11H17F6NO2/c1-3-5-18(6-4-2)7-9(20-8-19,10(12,13)14)11(15,16)17/h8H,3-7H2,1-2H3. The summed E-state index contributed by atoms with van der Waals surface area (Å²) in [6.07, 6.45) is -10.7. The highest BCUT2D eigenvalue weighted by Gasteiger charge is 2.74. The minimum atomic E-state index is -5.74. The van der Waals surface area contributed by atoms with Crippen LogP contribution in [-0.4, -0.2) is 49.0 Å². The molecule has 0 bridgehead atoms. The van der Waals surface area contributed by atoms with Crippen molar-refractivity contribution in [2.24, 2.45) is 0 Å². The van der Waals surface area contributed by atoms with Crippen LogP contribution >= 0.6 is 0 Å². The van der Waals surface area contributed by atoms with E-state index in [9.17, 15) is 31.1 Å². The zero-order chi connectivity index (χ0) is 16.0. The molecule has 0 N–H and O–H groups in total. The van der Waals surface area contributed by atoms with Crippen molar-refractivity contribution < 1.29 is 35.9 Å². The number of alkyl halides is 6. The lowest BCUT2D eigenvalue weighted by Crippen LogP contribution is -2.64. The predicted octanol–water partition coefficient (Wildman–Crippen LogP) is 3.14. The third-order valence-electron chi connectivity index (χ3n) is 2.69. The summed E-state index contributed by atoms with van der Waals surface area (Å²) in [6.45, 7) is 1.09. The normalized spacial score (nSPS) is 13.7. The molecule has 0 rings (SSSR count). The summed E-state index contributed by atoms with van der Waals surface area (Å²) in [4.78, 5) is 11.2. The minimum Gasteiger partial charge on any atom is -0.440 e. The molecule has 0 aliphatic carbocycles. The Morgan fingerprint density at radius 3 is 1.60 bits per heavy atom. The molecule has 0 aliphatic rings. The van der Waals surface area contributed by atoms with Gasteiger partial charge in [-0.15, -0.1) is 0 Å². The van der Waals surface area contributed by atoms with Gasteiger partial charge in [0.25, 0.3) is 6.47 Å². The van der Waals surface area contributed by atoms with Crippen LogP contribution < -0.4 is 0 Å². The largest absolute Gasteiger partial charge is 0.440 e. The van der Waals surface area contributed by atoms with Crippen molar-refractivity contribution in [1.82, 2.24) is 4.90 Å². The number of rotatable bonds is 8. The summed E-state index contributed by atoms with van der Waals surface area (Å²) in [5.41, 5.74) is -4.49. The molecule has 0 heterocycles. The summed E-state index contributed by atoms with van der Waals surface area (Å²) in [6, 6.07) is 0. The zero-order valence-electron chi connectivity index (χ0n) is 11.1. The molecule has 0 amide bonds. The van der Waals surface area contributed by atoms with Crippen LogP contribution in [0.1, 0.15) is 26.7 Å². The number of carbonyl (C=O) groups is 1. The van der Waals surface area contributed by atoms with Crippen molar-refractivity contribution in [2.45, 2.75) is 44.6 Å². The molecule has 3 nitrogen and oxygen atoms in total. The quantitative estimate of drug-likeness (QED) is 0.509. The maximum Gasteiger partial charge on any atom is 0.438 e. The molecule has 0 aromatic heterocycles. The molecular weight excluding hydrogens is 292 g/mol. The highest BCUT2D eigenvalue weighted by atomic mass is 19.4. The molecule has 0 aliphatic heterocycles. The molecule has 0 aromatic carbocycles. The molecule has 0 saturated carbocycles. The van der Waals surface area contributed by atoms with Crippen molar-refractivity contribution in [2.75, 3.05) is 19.6 Å². The molecule has 20 heavy (non-hydrogen) atoms. The van der Waals surface area contributed by atoms with Crippen LogP contribution in [0.15, 0.2) is 0 Å². The Hall–Kier alpha value is -0.990. The molecule has 0 saturated heterocycles. The molecule has 0 radical (unpaired) electrons. The van der Waals surface area contributed by atoms with Crippen LogP contribution in [0.4, 0.5) is 26.3 Å². The fourth-order valence-electron chi connectivity index (χ4n) is 1.81. The Morgan fingerprint density at radius 1 is 0.950 bits per heavy atom. The lowest BCUT2D eigenvalue weighted by molar-refractivity contribution is -0.369.